The number of rotatable bonds is 2. The Morgan fingerprint density at radius 2 is 2.27 bits per heavy atom. The summed E-state index contributed by atoms with van der Waals surface area (Å²) >= 11 is 5.63. The first-order chi connectivity index (χ1) is 6.97. The van der Waals surface area contributed by atoms with E-state index in [1.165, 1.54) is 6.20 Å². The highest BCUT2D eigenvalue weighted by atomic mass is 35.5. The van der Waals surface area contributed by atoms with Gasteiger partial charge >= 0.3 is 5.91 Å². The number of quaternary nitrogens is 1. The number of pyridine rings is 1. The summed E-state index contributed by atoms with van der Waals surface area (Å²) in [5, 5.41) is 0.369. The maximum absolute atomic E-state index is 12.0. The average Bonchev–Trinajstić information content (AvgIpc) is 2.18. The third kappa shape index (κ3) is 2.79. The molecule has 0 radical (unpaired) electrons. The van der Waals surface area contributed by atoms with Gasteiger partial charge in [-0.3, -0.25) is 4.48 Å². The number of hydrogen-bond donors (Lipinski definition) is 0. The first-order valence-electron chi connectivity index (χ1n) is 4.40. The first-order valence-corrected chi connectivity index (χ1v) is 4.78. The van der Waals surface area contributed by atoms with Crippen molar-refractivity contribution in [3.8, 4) is 12.3 Å². The Bertz CT molecular complexity index is 404. The number of carbonyl (C=O) groups is 1. The Morgan fingerprint density at radius 1 is 1.60 bits per heavy atom. The molecule has 78 valence electrons. The first kappa shape index (κ1) is 11.7. The van der Waals surface area contributed by atoms with E-state index in [1.807, 2.05) is 0 Å². The summed E-state index contributed by atoms with van der Waals surface area (Å²) in [5.74, 6) is 2.40. The normalized spacial score (nSPS) is 10.8. The van der Waals surface area contributed by atoms with Crippen molar-refractivity contribution in [2.75, 3.05) is 20.6 Å². The Balaban J connectivity index is 2.95. The Kier molecular flexibility index (Phi) is 3.46. The summed E-state index contributed by atoms with van der Waals surface area (Å²) in [6.07, 6.45) is 6.66. The lowest BCUT2D eigenvalue weighted by molar-refractivity contribution is -0.799. The maximum Gasteiger partial charge on any atom is 0.347 e. The van der Waals surface area contributed by atoms with Crippen molar-refractivity contribution in [3.63, 3.8) is 0 Å². The van der Waals surface area contributed by atoms with Crippen LogP contribution in [-0.4, -0.2) is 36.0 Å². The summed E-state index contributed by atoms with van der Waals surface area (Å²) in [4.78, 5) is 15.8. The molecule has 1 aromatic rings. The van der Waals surface area contributed by atoms with Crippen molar-refractivity contribution in [2.45, 2.75) is 0 Å². The van der Waals surface area contributed by atoms with Crippen LogP contribution < -0.4 is 0 Å². The monoisotopic (exact) mass is 223 g/mol. The van der Waals surface area contributed by atoms with E-state index in [4.69, 9.17) is 18.0 Å². The molecule has 0 fully saturated rings. The standard InChI is InChI=1S/C11H12ClN2O/c1-4-7-14(2,3)11(15)9-5-6-10(12)13-8-9/h1,5-6,8H,7H2,2-3H3/q+1. The second-order valence-electron chi connectivity index (χ2n) is 3.72. The largest absolute Gasteiger partial charge is 0.347 e. The van der Waals surface area contributed by atoms with E-state index in [0.717, 1.165) is 0 Å². The second-order valence-corrected chi connectivity index (χ2v) is 4.11. The second kappa shape index (κ2) is 4.43. The Labute approximate surface area is 94.3 Å². The SMILES string of the molecule is C#CC[N+](C)(C)C(=O)c1ccc(Cl)nc1. The number of hydrogen-bond acceptors (Lipinski definition) is 2. The van der Waals surface area contributed by atoms with Gasteiger partial charge in [-0.25, -0.2) is 9.78 Å². The Hall–Kier alpha value is -1.37. The van der Waals surface area contributed by atoms with Gasteiger partial charge < -0.3 is 0 Å². The van der Waals surface area contributed by atoms with Crippen LogP contribution in [0.4, 0.5) is 0 Å². The molecule has 0 unspecified atom stereocenters. The molecule has 0 atom stereocenters. The van der Waals surface area contributed by atoms with Gasteiger partial charge in [-0.2, -0.15) is 0 Å². The fourth-order valence-electron chi connectivity index (χ4n) is 1.15. The van der Waals surface area contributed by atoms with Crippen LogP contribution in [0.2, 0.25) is 5.15 Å². The molecule has 4 heteroatoms. The molecular weight excluding hydrogens is 212 g/mol. The number of aromatic nitrogens is 1. The molecule has 15 heavy (non-hydrogen) atoms. The van der Waals surface area contributed by atoms with E-state index in [2.05, 4.69) is 10.9 Å². The number of nitrogens with zero attached hydrogens (tertiary/aromatic N) is 2. The van der Waals surface area contributed by atoms with Crippen molar-refractivity contribution in [1.82, 2.24) is 4.98 Å². The summed E-state index contributed by atoms with van der Waals surface area (Å²) in [6, 6.07) is 3.23. The molecule has 0 N–H and O–H groups in total. The number of terminal acetylenes is 1. The lowest BCUT2D eigenvalue weighted by Crippen LogP contribution is -2.45. The van der Waals surface area contributed by atoms with Crippen LogP contribution in [0.25, 0.3) is 0 Å². The van der Waals surface area contributed by atoms with Gasteiger partial charge in [-0.1, -0.05) is 11.6 Å². The molecule has 1 rings (SSSR count). The van der Waals surface area contributed by atoms with Gasteiger partial charge in [0, 0.05) is 6.20 Å². The van der Waals surface area contributed by atoms with E-state index in [9.17, 15) is 4.79 Å². The van der Waals surface area contributed by atoms with Crippen LogP contribution in [-0.2, 0) is 0 Å². The van der Waals surface area contributed by atoms with E-state index in [-0.39, 0.29) is 10.4 Å². The number of halogens is 1. The van der Waals surface area contributed by atoms with E-state index < -0.39 is 0 Å². The number of amides is 1. The van der Waals surface area contributed by atoms with Gasteiger partial charge in [0.25, 0.3) is 0 Å². The fourth-order valence-corrected chi connectivity index (χ4v) is 1.26. The van der Waals surface area contributed by atoms with E-state index in [0.29, 0.717) is 17.3 Å². The molecule has 1 heterocycles. The minimum absolute atomic E-state index is 0.0721. The molecule has 1 aromatic heterocycles. The molecular formula is C11H12ClN2O+. The van der Waals surface area contributed by atoms with Crippen LogP contribution in [0.1, 0.15) is 10.4 Å². The van der Waals surface area contributed by atoms with Gasteiger partial charge in [0.1, 0.15) is 11.7 Å². The minimum Gasteiger partial charge on any atom is -0.251 e. The van der Waals surface area contributed by atoms with Crippen LogP contribution >= 0.6 is 11.6 Å². The summed E-state index contributed by atoms with van der Waals surface area (Å²) in [6.45, 7) is 0.349. The maximum atomic E-state index is 12.0. The fraction of sp³-hybridized carbons (Fsp3) is 0.273. The number of carbonyl (C=O) groups excluding carboxylic acids is 1. The zero-order valence-electron chi connectivity index (χ0n) is 8.70. The third-order valence-electron chi connectivity index (χ3n) is 2.01. The zero-order valence-corrected chi connectivity index (χ0v) is 9.45. The van der Waals surface area contributed by atoms with Gasteiger partial charge in [-0.05, 0) is 18.1 Å². The molecule has 3 nitrogen and oxygen atoms in total. The Morgan fingerprint density at radius 3 is 2.73 bits per heavy atom. The topological polar surface area (TPSA) is 30.0 Å². The molecule has 0 saturated carbocycles. The molecule has 1 amide bonds. The van der Waals surface area contributed by atoms with E-state index >= 15 is 0 Å². The smallest absolute Gasteiger partial charge is 0.251 e. The molecule has 0 aliphatic heterocycles. The average molecular weight is 224 g/mol. The molecule has 0 saturated heterocycles. The summed E-state index contributed by atoms with van der Waals surface area (Å²) < 4.78 is 0.111. The van der Waals surface area contributed by atoms with Crippen LogP contribution in [0.15, 0.2) is 18.3 Å². The predicted molar refractivity (Wildman–Crippen MR) is 59.4 cm³/mol. The quantitative estimate of drug-likeness (QED) is 0.433. The highest BCUT2D eigenvalue weighted by molar-refractivity contribution is 6.29. The summed E-state index contributed by atoms with van der Waals surface area (Å²) in [5.41, 5.74) is 0.514. The van der Waals surface area contributed by atoms with Crippen molar-refractivity contribution in [1.29, 1.82) is 0 Å². The third-order valence-corrected chi connectivity index (χ3v) is 2.23. The van der Waals surface area contributed by atoms with Gasteiger partial charge in [0.15, 0.2) is 0 Å². The van der Waals surface area contributed by atoms with Gasteiger partial charge in [-0.15, -0.1) is 6.42 Å². The van der Waals surface area contributed by atoms with Gasteiger partial charge in [0.05, 0.1) is 19.7 Å². The van der Waals surface area contributed by atoms with Crippen LogP contribution in [0.3, 0.4) is 0 Å². The van der Waals surface area contributed by atoms with E-state index in [1.54, 1.807) is 26.2 Å². The lowest BCUT2D eigenvalue weighted by Gasteiger charge is -2.23. The van der Waals surface area contributed by atoms with Crippen molar-refractivity contribution in [2.24, 2.45) is 0 Å². The zero-order chi connectivity index (χ0) is 11.5. The minimum atomic E-state index is -0.0721. The van der Waals surface area contributed by atoms with Crippen LogP contribution in [0.5, 0.6) is 0 Å². The predicted octanol–water partition coefficient (Wildman–Crippen LogP) is 1.58. The van der Waals surface area contributed by atoms with Crippen LogP contribution in [0, 0.1) is 12.3 Å². The summed E-state index contributed by atoms with van der Waals surface area (Å²) in [7, 11) is 3.52. The molecule has 0 aliphatic rings. The van der Waals surface area contributed by atoms with Crippen molar-refractivity contribution >= 4 is 17.5 Å². The molecule has 0 aromatic carbocycles. The highest BCUT2D eigenvalue weighted by Gasteiger charge is 2.26. The molecule has 0 bridgehead atoms. The molecule has 0 spiro atoms. The highest BCUT2D eigenvalue weighted by Crippen LogP contribution is 2.10. The lowest BCUT2D eigenvalue weighted by atomic mass is 10.2. The van der Waals surface area contributed by atoms with Gasteiger partial charge in [0.2, 0.25) is 0 Å². The molecule has 0 aliphatic carbocycles. The van der Waals surface area contributed by atoms with Crippen molar-refractivity contribution < 1.29 is 9.28 Å². The van der Waals surface area contributed by atoms with Crippen molar-refractivity contribution in [3.05, 3.63) is 29.0 Å².